The summed E-state index contributed by atoms with van der Waals surface area (Å²) in [5, 5.41) is 15.7. The van der Waals surface area contributed by atoms with E-state index in [0.29, 0.717) is 5.56 Å². The average molecular weight is 342 g/mol. The lowest BCUT2D eigenvalue weighted by Crippen LogP contribution is -2.41. The zero-order valence-electron chi connectivity index (χ0n) is 11.2. The minimum Gasteiger partial charge on any atom is -0.507 e. The van der Waals surface area contributed by atoms with Gasteiger partial charge in [-0.15, -0.1) is 0 Å². The van der Waals surface area contributed by atoms with Crippen LogP contribution in [-0.4, -0.2) is 29.2 Å². The quantitative estimate of drug-likeness (QED) is 0.440. The highest BCUT2D eigenvalue weighted by molar-refractivity contribution is 9.10. The van der Waals surface area contributed by atoms with Crippen LogP contribution in [0.1, 0.15) is 25.8 Å². The van der Waals surface area contributed by atoms with Crippen LogP contribution in [-0.2, 0) is 9.59 Å². The van der Waals surface area contributed by atoms with Crippen LogP contribution in [0.4, 0.5) is 0 Å². The molecule has 0 bridgehead atoms. The second kappa shape index (κ2) is 7.64. The van der Waals surface area contributed by atoms with Crippen LogP contribution in [0, 0.1) is 0 Å². The number of amides is 2. The molecule has 2 amide bonds. The van der Waals surface area contributed by atoms with E-state index < -0.39 is 11.8 Å². The van der Waals surface area contributed by atoms with Crippen molar-refractivity contribution in [2.75, 3.05) is 0 Å². The van der Waals surface area contributed by atoms with E-state index in [4.69, 9.17) is 0 Å². The Morgan fingerprint density at radius 1 is 1.45 bits per heavy atom. The van der Waals surface area contributed by atoms with Gasteiger partial charge in [-0.1, -0.05) is 22.9 Å². The van der Waals surface area contributed by atoms with Gasteiger partial charge in [0.25, 0.3) is 0 Å². The van der Waals surface area contributed by atoms with Crippen LogP contribution in [0.25, 0.3) is 0 Å². The zero-order valence-corrected chi connectivity index (χ0v) is 12.8. The molecule has 3 N–H and O–H groups in total. The van der Waals surface area contributed by atoms with Gasteiger partial charge >= 0.3 is 11.8 Å². The number of phenolic OH excluding ortho intramolecular Hbond substituents is 1. The fraction of sp³-hybridized carbons (Fsp3) is 0.308. The molecule has 0 saturated heterocycles. The second-order valence-electron chi connectivity index (χ2n) is 4.19. The number of hydrazone groups is 1. The number of hydrogen-bond acceptors (Lipinski definition) is 4. The van der Waals surface area contributed by atoms with Crippen molar-refractivity contribution in [2.45, 2.75) is 26.3 Å². The largest absolute Gasteiger partial charge is 0.507 e. The first-order valence-electron chi connectivity index (χ1n) is 6.06. The predicted octanol–water partition coefficient (Wildman–Crippen LogP) is 1.52. The molecule has 1 aromatic rings. The number of phenols is 1. The third kappa shape index (κ3) is 5.00. The molecular formula is C13H16BrN3O3. The van der Waals surface area contributed by atoms with Gasteiger partial charge in [0.1, 0.15) is 5.75 Å². The maximum absolute atomic E-state index is 11.4. The topological polar surface area (TPSA) is 90.8 Å². The van der Waals surface area contributed by atoms with E-state index in [0.717, 1.165) is 10.9 Å². The molecular weight excluding hydrogens is 326 g/mol. The van der Waals surface area contributed by atoms with Crippen molar-refractivity contribution in [3.8, 4) is 5.75 Å². The number of hydrogen-bond donors (Lipinski definition) is 3. The van der Waals surface area contributed by atoms with Gasteiger partial charge < -0.3 is 10.4 Å². The smallest absolute Gasteiger partial charge is 0.329 e. The van der Waals surface area contributed by atoms with Crippen LogP contribution >= 0.6 is 15.9 Å². The second-order valence-corrected chi connectivity index (χ2v) is 5.10. The average Bonchev–Trinajstić information content (AvgIpc) is 2.42. The molecule has 0 saturated carbocycles. The molecule has 0 spiro atoms. The molecule has 6 nitrogen and oxygen atoms in total. The molecule has 0 aliphatic rings. The minimum atomic E-state index is -0.851. The molecule has 1 aromatic carbocycles. The maximum atomic E-state index is 11.4. The lowest BCUT2D eigenvalue weighted by Gasteiger charge is -2.09. The van der Waals surface area contributed by atoms with Crippen molar-refractivity contribution >= 4 is 34.0 Å². The number of nitrogens with one attached hydrogen (secondary N) is 2. The van der Waals surface area contributed by atoms with Gasteiger partial charge in [-0.3, -0.25) is 9.59 Å². The highest BCUT2D eigenvalue weighted by Gasteiger charge is 2.14. The minimum absolute atomic E-state index is 0.0234. The van der Waals surface area contributed by atoms with Crippen LogP contribution in [0.2, 0.25) is 0 Å². The molecule has 0 unspecified atom stereocenters. The summed E-state index contributed by atoms with van der Waals surface area (Å²) in [6.07, 6.45) is 1.99. The summed E-state index contributed by atoms with van der Waals surface area (Å²) in [7, 11) is 0. The number of carbonyl (C=O) groups excluding carboxylic acids is 2. The first kappa shape index (κ1) is 16.2. The van der Waals surface area contributed by atoms with Gasteiger partial charge in [-0.05, 0) is 31.5 Å². The normalized spacial score (nSPS) is 12.2. The van der Waals surface area contributed by atoms with E-state index in [1.807, 2.05) is 6.92 Å². The first-order valence-corrected chi connectivity index (χ1v) is 6.85. The van der Waals surface area contributed by atoms with E-state index in [1.54, 1.807) is 19.1 Å². The molecule has 0 radical (unpaired) electrons. The highest BCUT2D eigenvalue weighted by Crippen LogP contribution is 2.19. The summed E-state index contributed by atoms with van der Waals surface area (Å²) < 4.78 is 0.762. The van der Waals surface area contributed by atoms with E-state index in [2.05, 4.69) is 31.8 Å². The summed E-state index contributed by atoms with van der Waals surface area (Å²) in [6, 6.07) is 4.71. The van der Waals surface area contributed by atoms with Crippen molar-refractivity contribution in [1.82, 2.24) is 10.7 Å². The number of carbonyl (C=O) groups is 2. The van der Waals surface area contributed by atoms with Gasteiger partial charge in [0.05, 0.1) is 6.21 Å². The number of rotatable bonds is 4. The molecule has 7 heteroatoms. The Morgan fingerprint density at radius 2 is 2.15 bits per heavy atom. The predicted molar refractivity (Wildman–Crippen MR) is 79.4 cm³/mol. The van der Waals surface area contributed by atoms with Crippen molar-refractivity contribution in [2.24, 2.45) is 5.10 Å². The number of halogens is 1. The molecule has 0 aliphatic heterocycles. The Balaban J connectivity index is 2.58. The van der Waals surface area contributed by atoms with Crippen LogP contribution < -0.4 is 10.7 Å². The summed E-state index contributed by atoms with van der Waals surface area (Å²) >= 11 is 3.25. The van der Waals surface area contributed by atoms with Gasteiger partial charge in [-0.2, -0.15) is 5.10 Å². The Hall–Kier alpha value is -1.89. The van der Waals surface area contributed by atoms with Gasteiger partial charge in [0, 0.05) is 16.1 Å². The van der Waals surface area contributed by atoms with Gasteiger partial charge in [0.2, 0.25) is 0 Å². The number of aromatic hydroxyl groups is 1. The molecule has 20 heavy (non-hydrogen) atoms. The van der Waals surface area contributed by atoms with Crippen molar-refractivity contribution in [1.29, 1.82) is 0 Å². The molecule has 0 aromatic heterocycles. The van der Waals surface area contributed by atoms with Gasteiger partial charge in [-0.25, -0.2) is 5.43 Å². The zero-order chi connectivity index (χ0) is 15.1. The van der Waals surface area contributed by atoms with E-state index in [9.17, 15) is 14.7 Å². The standard InChI is InChI=1S/C13H16BrN3O3/c1-3-8(2)16-12(19)13(20)17-15-7-9-6-10(14)4-5-11(9)18/h4-8,18H,3H2,1-2H3,(H,16,19)(H,17,20)/b15-7+/t8-/m0/s1. The number of nitrogens with zero attached hydrogens (tertiary/aromatic N) is 1. The van der Waals surface area contributed by atoms with E-state index >= 15 is 0 Å². The highest BCUT2D eigenvalue weighted by atomic mass is 79.9. The fourth-order valence-corrected chi connectivity index (χ4v) is 1.61. The lowest BCUT2D eigenvalue weighted by molar-refractivity contribution is -0.139. The Bertz CT molecular complexity index is 532. The van der Waals surface area contributed by atoms with Crippen LogP contribution in [0.5, 0.6) is 5.75 Å². The SMILES string of the molecule is CC[C@H](C)NC(=O)C(=O)N/N=C/c1cc(Br)ccc1O. The lowest BCUT2D eigenvalue weighted by atomic mass is 10.2. The molecule has 1 atom stereocenters. The summed E-state index contributed by atoms with van der Waals surface area (Å²) in [5.74, 6) is -1.57. The van der Waals surface area contributed by atoms with E-state index in [-0.39, 0.29) is 11.8 Å². The Kier molecular flexibility index (Phi) is 6.17. The van der Waals surface area contributed by atoms with Crippen LogP contribution in [0.15, 0.2) is 27.8 Å². The Morgan fingerprint density at radius 3 is 2.80 bits per heavy atom. The molecule has 0 fully saturated rings. The summed E-state index contributed by atoms with van der Waals surface area (Å²) in [6.45, 7) is 3.70. The molecule has 108 valence electrons. The Labute approximate surface area is 125 Å². The van der Waals surface area contributed by atoms with Crippen molar-refractivity contribution in [3.05, 3.63) is 28.2 Å². The summed E-state index contributed by atoms with van der Waals surface area (Å²) in [5.41, 5.74) is 2.52. The van der Waals surface area contributed by atoms with Crippen molar-refractivity contribution in [3.63, 3.8) is 0 Å². The van der Waals surface area contributed by atoms with Crippen LogP contribution in [0.3, 0.4) is 0 Å². The van der Waals surface area contributed by atoms with Gasteiger partial charge in [0.15, 0.2) is 0 Å². The monoisotopic (exact) mass is 341 g/mol. The fourth-order valence-electron chi connectivity index (χ4n) is 1.23. The number of benzene rings is 1. The maximum Gasteiger partial charge on any atom is 0.329 e. The molecule has 0 aliphatic carbocycles. The van der Waals surface area contributed by atoms with Crippen molar-refractivity contribution < 1.29 is 14.7 Å². The third-order valence-corrected chi connectivity index (χ3v) is 3.05. The molecule has 1 rings (SSSR count). The summed E-state index contributed by atoms with van der Waals surface area (Å²) in [4.78, 5) is 22.8. The van der Waals surface area contributed by atoms with E-state index in [1.165, 1.54) is 12.3 Å². The molecule has 0 heterocycles. The first-order chi connectivity index (χ1) is 9.43. The third-order valence-electron chi connectivity index (χ3n) is 2.56.